The SMILES string of the molecule is CC(C)c1nnc2n1CCN(C(=O)c1ccccc1OC1CC1)C2C. The van der Waals surface area contributed by atoms with Gasteiger partial charge >= 0.3 is 0 Å². The Labute approximate surface area is 147 Å². The molecule has 0 radical (unpaired) electrons. The van der Waals surface area contributed by atoms with Gasteiger partial charge in [-0.3, -0.25) is 4.79 Å². The summed E-state index contributed by atoms with van der Waals surface area (Å²) in [6.45, 7) is 7.64. The number of aromatic nitrogens is 3. The van der Waals surface area contributed by atoms with Gasteiger partial charge < -0.3 is 14.2 Å². The lowest BCUT2D eigenvalue weighted by atomic mass is 10.1. The predicted octanol–water partition coefficient (Wildman–Crippen LogP) is 3.16. The Morgan fingerprint density at radius 1 is 1.20 bits per heavy atom. The second kappa shape index (κ2) is 6.17. The smallest absolute Gasteiger partial charge is 0.258 e. The molecule has 0 spiro atoms. The molecule has 25 heavy (non-hydrogen) atoms. The number of para-hydroxylation sites is 1. The van der Waals surface area contributed by atoms with Crippen LogP contribution in [-0.2, 0) is 6.54 Å². The van der Waals surface area contributed by atoms with Crippen molar-refractivity contribution in [1.82, 2.24) is 19.7 Å². The molecule has 1 aromatic carbocycles. The second-order valence-corrected chi connectivity index (χ2v) is 7.21. The number of rotatable bonds is 4. The van der Waals surface area contributed by atoms with Gasteiger partial charge in [0.15, 0.2) is 5.82 Å². The Hall–Kier alpha value is -2.37. The maximum atomic E-state index is 13.2. The standard InChI is InChI=1S/C19H24N4O2/c1-12(2)17-20-21-18-13(3)22(10-11-23(17)18)19(24)15-6-4-5-7-16(15)25-14-8-9-14/h4-7,12-14H,8-11H2,1-3H3. The van der Waals surface area contributed by atoms with Crippen LogP contribution in [0.2, 0.25) is 0 Å². The van der Waals surface area contributed by atoms with Crippen LogP contribution in [0.25, 0.3) is 0 Å². The van der Waals surface area contributed by atoms with Gasteiger partial charge in [-0.25, -0.2) is 0 Å². The van der Waals surface area contributed by atoms with Crippen molar-refractivity contribution in [2.45, 2.75) is 58.2 Å². The Kier molecular flexibility index (Phi) is 3.98. The molecule has 0 saturated heterocycles. The fourth-order valence-electron chi connectivity index (χ4n) is 3.38. The van der Waals surface area contributed by atoms with Crippen LogP contribution in [-0.4, -0.2) is 38.2 Å². The van der Waals surface area contributed by atoms with Crippen LogP contribution >= 0.6 is 0 Å². The van der Waals surface area contributed by atoms with Crippen LogP contribution < -0.4 is 4.74 Å². The van der Waals surface area contributed by atoms with E-state index < -0.39 is 0 Å². The number of carbonyl (C=O) groups excluding carboxylic acids is 1. The van der Waals surface area contributed by atoms with Crippen molar-refractivity contribution in [3.8, 4) is 5.75 Å². The van der Waals surface area contributed by atoms with Gasteiger partial charge in [-0.05, 0) is 31.9 Å². The molecule has 1 unspecified atom stereocenters. The summed E-state index contributed by atoms with van der Waals surface area (Å²) in [4.78, 5) is 15.1. The Bertz CT molecular complexity index is 794. The van der Waals surface area contributed by atoms with Crippen molar-refractivity contribution in [1.29, 1.82) is 0 Å². The van der Waals surface area contributed by atoms with Crippen molar-refractivity contribution in [2.75, 3.05) is 6.54 Å². The van der Waals surface area contributed by atoms with Gasteiger partial charge in [-0.2, -0.15) is 0 Å². The molecule has 4 rings (SSSR count). The minimum Gasteiger partial charge on any atom is -0.490 e. The van der Waals surface area contributed by atoms with E-state index in [4.69, 9.17) is 4.74 Å². The molecule has 1 amide bonds. The molecule has 1 atom stereocenters. The molecular formula is C19H24N4O2. The highest BCUT2D eigenvalue weighted by Gasteiger charge is 2.34. The molecule has 1 aliphatic carbocycles. The van der Waals surface area contributed by atoms with Crippen molar-refractivity contribution in [3.05, 3.63) is 41.5 Å². The molecule has 132 valence electrons. The van der Waals surface area contributed by atoms with Gasteiger partial charge in [-0.1, -0.05) is 26.0 Å². The van der Waals surface area contributed by atoms with E-state index in [1.165, 1.54) is 0 Å². The van der Waals surface area contributed by atoms with Gasteiger partial charge in [-0.15, -0.1) is 10.2 Å². The minimum atomic E-state index is -0.102. The fraction of sp³-hybridized carbons (Fsp3) is 0.526. The molecule has 0 N–H and O–H groups in total. The van der Waals surface area contributed by atoms with Crippen LogP contribution in [0.15, 0.2) is 24.3 Å². The summed E-state index contributed by atoms with van der Waals surface area (Å²) in [6.07, 6.45) is 2.41. The number of fused-ring (bicyclic) bond motifs is 1. The first-order valence-electron chi connectivity index (χ1n) is 9.06. The van der Waals surface area contributed by atoms with E-state index in [-0.39, 0.29) is 18.1 Å². The topological polar surface area (TPSA) is 60.2 Å². The van der Waals surface area contributed by atoms with E-state index in [1.54, 1.807) is 0 Å². The molecule has 2 aromatic rings. The van der Waals surface area contributed by atoms with Gasteiger partial charge in [0.2, 0.25) is 0 Å². The minimum absolute atomic E-state index is 0.00379. The average Bonchev–Trinajstić information content (AvgIpc) is 3.30. The molecular weight excluding hydrogens is 316 g/mol. The first kappa shape index (κ1) is 16.1. The van der Waals surface area contributed by atoms with Crippen LogP contribution in [0.1, 0.15) is 67.6 Å². The van der Waals surface area contributed by atoms with E-state index in [0.29, 0.717) is 23.8 Å². The zero-order valence-electron chi connectivity index (χ0n) is 15.0. The number of benzene rings is 1. The Morgan fingerprint density at radius 2 is 1.96 bits per heavy atom. The molecule has 1 aliphatic heterocycles. The van der Waals surface area contributed by atoms with Gasteiger partial charge in [0.25, 0.3) is 5.91 Å². The molecule has 0 bridgehead atoms. The van der Waals surface area contributed by atoms with Gasteiger partial charge in [0.05, 0.1) is 17.7 Å². The third-order valence-electron chi connectivity index (χ3n) is 4.93. The summed E-state index contributed by atoms with van der Waals surface area (Å²) in [5, 5.41) is 8.68. The van der Waals surface area contributed by atoms with E-state index in [0.717, 1.165) is 31.0 Å². The molecule has 1 saturated carbocycles. The summed E-state index contributed by atoms with van der Waals surface area (Å²) >= 11 is 0. The zero-order valence-corrected chi connectivity index (χ0v) is 15.0. The monoisotopic (exact) mass is 340 g/mol. The number of nitrogens with zero attached hydrogens (tertiary/aromatic N) is 4. The summed E-state index contributed by atoms with van der Waals surface area (Å²) in [6, 6.07) is 7.45. The highest BCUT2D eigenvalue weighted by molar-refractivity contribution is 5.97. The highest BCUT2D eigenvalue weighted by Crippen LogP contribution is 2.32. The summed E-state index contributed by atoms with van der Waals surface area (Å²) in [5.74, 6) is 2.87. The third-order valence-corrected chi connectivity index (χ3v) is 4.93. The van der Waals surface area contributed by atoms with Crippen LogP contribution in [0.3, 0.4) is 0 Å². The number of ether oxygens (including phenoxy) is 1. The summed E-state index contributed by atoms with van der Waals surface area (Å²) < 4.78 is 8.09. The molecule has 6 nitrogen and oxygen atoms in total. The van der Waals surface area contributed by atoms with Crippen LogP contribution in [0, 0.1) is 0 Å². The number of carbonyl (C=O) groups is 1. The lowest BCUT2D eigenvalue weighted by Crippen LogP contribution is -2.41. The van der Waals surface area contributed by atoms with Crippen molar-refractivity contribution in [3.63, 3.8) is 0 Å². The zero-order chi connectivity index (χ0) is 17.6. The molecule has 2 aliphatic rings. The predicted molar refractivity (Wildman–Crippen MR) is 93.7 cm³/mol. The van der Waals surface area contributed by atoms with Gasteiger partial charge in [0, 0.05) is 19.0 Å². The maximum absolute atomic E-state index is 13.2. The van der Waals surface area contributed by atoms with E-state index >= 15 is 0 Å². The van der Waals surface area contributed by atoms with E-state index in [2.05, 4.69) is 28.6 Å². The number of amides is 1. The van der Waals surface area contributed by atoms with Crippen molar-refractivity contribution >= 4 is 5.91 Å². The third kappa shape index (κ3) is 2.90. The molecule has 1 aromatic heterocycles. The van der Waals surface area contributed by atoms with Crippen LogP contribution in [0.4, 0.5) is 0 Å². The lowest BCUT2D eigenvalue weighted by molar-refractivity contribution is 0.0631. The quantitative estimate of drug-likeness (QED) is 0.858. The maximum Gasteiger partial charge on any atom is 0.258 e. The Morgan fingerprint density at radius 3 is 2.68 bits per heavy atom. The highest BCUT2D eigenvalue weighted by atomic mass is 16.5. The first-order valence-corrected chi connectivity index (χ1v) is 9.06. The summed E-state index contributed by atoms with van der Waals surface area (Å²) in [5.41, 5.74) is 0.637. The van der Waals surface area contributed by atoms with Crippen molar-refractivity contribution in [2.24, 2.45) is 0 Å². The molecule has 1 fully saturated rings. The fourth-order valence-corrected chi connectivity index (χ4v) is 3.38. The summed E-state index contributed by atoms with van der Waals surface area (Å²) in [7, 11) is 0. The van der Waals surface area contributed by atoms with Crippen molar-refractivity contribution < 1.29 is 9.53 Å². The first-order chi connectivity index (χ1) is 12.1. The molecule has 6 heteroatoms. The Balaban J connectivity index is 1.61. The van der Waals surface area contributed by atoms with Crippen LogP contribution in [0.5, 0.6) is 5.75 Å². The van der Waals surface area contributed by atoms with Gasteiger partial charge in [0.1, 0.15) is 11.6 Å². The average molecular weight is 340 g/mol. The second-order valence-electron chi connectivity index (χ2n) is 7.21. The van der Waals surface area contributed by atoms with E-state index in [9.17, 15) is 4.79 Å². The molecule has 2 heterocycles. The van der Waals surface area contributed by atoms with E-state index in [1.807, 2.05) is 36.1 Å². The normalized spacial score (nSPS) is 19.8. The largest absolute Gasteiger partial charge is 0.490 e. The number of hydrogen-bond acceptors (Lipinski definition) is 4. The number of hydrogen-bond donors (Lipinski definition) is 0. The lowest BCUT2D eigenvalue weighted by Gasteiger charge is -2.34.